The molecule has 9 heteroatoms. The Morgan fingerprint density at radius 2 is 1.73 bits per heavy atom. The predicted molar refractivity (Wildman–Crippen MR) is 125 cm³/mol. The zero-order chi connectivity index (χ0) is 21.1. The van der Waals surface area contributed by atoms with Crippen molar-refractivity contribution in [1.29, 1.82) is 0 Å². The van der Waals surface area contributed by atoms with Crippen molar-refractivity contribution in [2.45, 2.75) is 42.4 Å². The van der Waals surface area contributed by atoms with E-state index in [0.29, 0.717) is 11.8 Å². The average Bonchev–Trinajstić information content (AvgIpc) is 3.28. The number of nitrogens with zero attached hydrogens (tertiary/aromatic N) is 5. The summed E-state index contributed by atoms with van der Waals surface area (Å²) >= 11 is 18.4. The lowest BCUT2D eigenvalue weighted by Crippen LogP contribution is -2.42. The first kappa shape index (κ1) is 21.9. The second-order valence-electron chi connectivity index (χ2n) is 7.92. The quantitative estimate of drug-likeness (QED) is 0.631. The number of anilines is 2. The number of nitrogens with one attached hydrogen (secondary N) is 1. The molecule has 3 heterocycles. The number of hydrogen-bond donors (Lipinski definition) is 1. The molecule has 30 heavy (non-hydrogen) atoms. The summed E-state index contributed by atoms with van der Waals surface area (Å²) in [6.07, 6.45) is 4.69. The zero-order valence-electron chi connectivity index (χ0n) is 17.1. The molecule has 0 saturated carbocycles. The lowest BCUT2D eigenvalue weighted by molar-refractivity contribution is 0.226. The van der Waals surface area contributed by atoms with Gasteiger partial charge in [-0.3, -0.25) is 0 Å². The third-order valence-electron chi connectivity index (χ3n) is 5.77. The maximum Gasteiger partial charge on any atom is 0.250 e. The molecule has 2 saturated heterocycles. The highest BCUT2D eigenvalue weighted by Gasteiger charge is 2.29. The van der Waals surface area contributed by atoms with Crippen molar-refractivity contribution in [2.75, 3.05) is 42.9 Å². The van der Waals surface area contributed by atoms with Gasteiger partial charge in [0.05, 0.1) is 0 Å². The molecule has 0 bridgehead atoms. The number of halogens is 3. The summed E-state index contributed by atoms with van der Waals surface area (Å²) in [6, 6.07) is 8.51. The molecule has 2 aromatic rings. The molecule has 162 valence electrons. The van der Waals surface area contributed by atoms with Crippen LogP contribution in [0.2, 0.25) is 0 Å². The van der Waals surface area contributed by atoms with Crippen LogP contribution in [0.25, 0.3) is 11.4 Å². The molecule has 0 amide bonds. The van der Waals surface area contributed by atoms with Crippen molar-refractivity contribution in [3.05, 3.63) is 30.1 Å². The number of rotatable bonds is 5. The number of aromatic nitrogens is 3. The van der Waals surface area contributed by atoms with Gasteiger partial charge in [0.15, 0.2) is 11.6 Å². The summed E-state index contributed by atoms with van der Waals surface area (Å²) in [7, 11) is 0. The van der Waals surface area contributed by atoms with E-state index < -0.39 is 3.79 Å². The molecule has 4 rings (SSSR count). The van der Waals surface area contributed by atoms with E-state index in [1.54, 1.807) is 0 Å². The minimum absolute atomic E-state index is 0.131. The minimum atomic E-state index is -1.72. The molecule has 2 aliphatic heterocycles. The lowest BCUT2D eigenvalue weighted by Gasteiger charge is -2.32. The Hall–Kier alpha value is -1.34. The van der Waals surface area contributed by atoms with Crippen LogP contribution in [0.1, 0.15) is 38.4 Å². The Balaban J connectivity index is 1.59. The Morgan fingerprint density at radius 1 is 1.00 bits per heavy atom. The van der Waals surface area contributed by atoms with Crippen LogP contribution in [-0.2, 0) is 3.79 Å². The molecule has 1 aromatic carbocycles. The van der Waals surface area contributed by atoms with Crippen LogP contribution in [0, 0.1) is 0 Å². The highest BCUT2D eigenvalue weighted by molar-refractivity contribution is 6.66. The maximum absolute atomic E-state index is 6.13. The second kappa shape index (κ2) is 9.43. The van der Waals surface area contributed by atoms with Crippen molar-refractivity contribution < 1.29 is 0 Å². The van der Waals surface area contributed by atoms with E-state index in [1.165, 1.54) is 18.5 Å². The van der Waals surface area contributed by atoms with Gasteiger partial charge in [0.2, 0.25) is 9.74 Å². The van der Waals surface area contributed by atoms with Gasteiger partial charge in [-0.25, -0.2) is 4.98 Å². The molecule has 1 aromatic heterocycles. The third kappa shape index (κ3) is 5.28. The van der Waals surface area contributed by atoms with E-state index in [1.807, 2.05) is 12.1 Å². The standard InChI is InChI=1S/C21H27Cl3N6/c1-2-29-11-5-6-16(14-29)25-20-27-18(26-19(28-20)21(22,23)24)15-7-9-17(10-8-15)30-12-3-4-13-30/h7-10,16H,2-6,11-14H2,1H3,(H,25,26,27,28). The van der Waals surface area contributed by atoms with E-state index in [-0.39, 0.29) is 11.9 Å². The summed E-state index contributed by atoms with van der Waals surface area (Å²) in [5.41, 5.74) is 2.09. The topological polar surface area (TPSA) is 57.2 Å². The number of piperidine rings is 1. The first-order valence-corrected chi connectivity index (χ1v) is 11.7. The molecule has 0 radical (unpaired) electrons. The minimum Gasteiger partial charge on any atom is -0.372 e. The molecule has 2 fully saturated rings. The normalized spacial score (nSPS) is 20.5. The van der Waals surface area contributed by atoms with Crippen molar-refractivity contribution in [2.24, 2.45) is 0 Å². The smallest absolute Gasteiger partial charge is 0.250 e. The highest BCUT2D eigenvalue weighted by atomic mass is 35.6. The highest BCUT2D eigenvalue weighted by Crippen LogP contribution is 2.37. The van der Waals surface area contributed by atoms with Gasteiger partial charge >= 0.3 is 0 Å². The molecule has 2 aliphatic rings. The fourth-order valence-corrected chi connectivity index (χ4v) is 4.39. The number of alkyl halides is 3. The number of benzene rings is 1. The fourth-order valence-electron chi connectivity index (χ4n) is 4.14. The second-order valence-corrected chi connectivity index (χ2v) is 10.2. The monoisotopic (exact) mass is 468 g/mol. The Kier molecular flexibility index (Phi) is 6.88. The molecule has 1 atom stereocenters. The molecule has 0 aliphatic carbocycles. The number of likely N-dealkylation sites (tertiary alicyclic amines) is 1. The summed E-state index contributed by atoms with van der Waals surface area (Å²) in [5.74, 6) is 1.09. The van der Waals surface area contributed by atoms with E-state index in [9.17, 15) is 0 Å². The lowest BCUT2D eigenvalue weighted by atomic mass is 10.1. The van der Waals surface area contributed by atoms with Crippen LogP contribution >= 0.6 is 34.8 Å². The van der Waals surface area contributed by atoms with Gasteiger partial charge in [0, 0.05) is 36.9 Å². The summed E-state index contributed by atoms with van der Waals surface area (Å²) in [4.78, 5) is 18.3. The van der Waals surface area contributed by atoms with E-state index in [4.69, 9.17) is 34.8 Å². The first-order valence-electron chi connectivity index (χ1n) is 10.6. The van der Waals surface area contributed by atoms with Crippen LogP contribution in [0.4, 0.5) is 11.6 Å². The molecular weight excluding hydrogens is 443 g/mol. The van der Waals surface area contributed by atoms with E-state index in [2.05, 4.69) is 49.1 Å². The summed E-state index contributed by atoms with van der Waals surface area (Å²) in [5, 5.41) is 3.44. The van der Waals surface area contributed by atoms with Crippen LogP contribution in [0.3, 0.4) is 0 Å². The molecule has 0 spiro atoms. The molecule has 1 N–H and O–H groups in total. The van der Waals surface area contributed by atoms with Gasteiger partial charge in [0.25, 0.3) is 0 Å². The van der Waals surface area contributed by atoms with Gasteiger partial charge in [-0.05, 0) is 63.0 Å². The summed E-state index contributed by atoms with van der Waals surface area (Å²) in [6.45, 7) is 7.49. The summed E-state index contributed by atoms with van der Waals surface area (Å²) < 4.78 is -1.72. The average molecular weight is 470 g/mol. The van der Waals surface area contributed by atoms with Gasteiger partial charge in [-0.2, -0.15) is 9.97 Å². The van der Waals surface area contributed by atoms with E-state index >= 15 is 0 Å². The van der Waals surface area contributed by atoms with E-state index in [0.717, 1.165) is 51.1 Å². The third-order valence-corrected chi connectivity index (χ3v) is 6.28. The molecule has 6 nitrogen and oxygen atoms in total. The SMILES string of the molecule is CCN1CCCC(Nc2nc(-c3ccc(N4CCCC4)cc3)nc(C(Cl)(Cl)Cl)n2)C1. The van der Waals surface area contributed by atoms with Crippen molar-refractivity contribution in [3.8, 4) is 11.4 Å². The number of hydrogen-bond acceptors (Lipinski definition) is 6. The number of likely N-dealkylation sites (N-methyl/N-ethyl adjacent to an activating group) is 1. The maximum atomic E-state index is 6.13. The van der Waals surface area contributed by atoms with Crippen LogP contribution < -0.4 is 10.2 Å². The predicted octanol–water partition coefficient (Wildman–Crippen LogP) is 4.86. The van der Waals surface area contributed by atoms with Crippen molar-refractivity contribution in [1.82, 2.24) is 19.9 Å². The Bertz CT molecular complexity index is 849. The zero-order valence-corrected chi connectivity index (χ0v) is 19.4. The van der Waals surface area contributed by atoms with Gasteiger partial charge < -0.3 is 15.1 Å². The van der Waals surface area contributed by atoms with Crippen LogP contribution in [0.5, 0.6) is 0 Å². The van der Waals surface area contributed by atoms with Gasteiger partial charge in [-0.15, -0.1) is 0 Å². The largest absolute Gasteiger partial charge is 0.372 e. The first-order chi connectivity index (χ1) is 14.4. The Morgan fingerprint density at radius 3 is 2.40 bits per heavy atom. The van der Waals surface area contributed by atoms with Crippen LogP contribution in [-0.4, -0.2) is 58.6 Å². The Labute approximate surface area is 192 Å². The molecular formula is C21H27Cl3N6. The molecule has 1 unspecified atom stereocenters. The van der Waals surface area contributed by atoms with Gasteiger partial charge in [0.1, 0.15) is 0 Å². The van der Waals surface area contributed by atoms with Crippen LogP contribution in [0.15, 0.2) is 24.3 Å². The van der Waals surface area contributed by atoms with Crippen molar-refractivity contribution in [3.63, 3.8) is 0 Å². The van der Waals surface area contributed by atoms with Crippen molar-refractivity contribution >= 4 is 46.4 Å². The van der Waals surface area contributed by atoms with Gasteiger partial charge in [-0.1, -0.05) is 41.7 Å². The fraction of sp³-hybridized carbons (Fsp3) is 0.571.